The van der Waals surface area contributed by atoms with Gasteiger partial charge in [0.05, 0.1) is 11.6 Å². The Morgan fingerprint density at radius 2 is 1.93 bits per heavy atom. The van der Waals surface area contributed by atoms with Crippen LogP contribution in [0, 0.1) is 5.41 Å². The monoisotopic (exact) mass is 389 g/mol. The van der Waals surface area contributed by atoms with Gasteiger partial charge in [-0.1, -0.05) is 24.3 Å². The maximum absolute atomic E-state index is 13.1. The van der Waals surface area contributed by atoms with Crippen molar-refractivity contribution in [1.82, 2.24) is 19.7 Å². The quantitative estimate of drug-likeness (QED) is 0.673. The van der Waals surface area contributed by atoms with Crippen molar-refractivity contribution in [2.45, 2.75) is 26.8 Å². The van der Waals surface area contributed by atoms with Crippen molar-refractivity contribution in [3.8, 4) is 11.1 Å². The minimum atomic E-state index is -0.543. The smallest absolute Gasteiger partial charge is 0.238 e. The van der Waals surface area contributed by atoms with Crippen LogP contribution in [-0.2, 0) is 11.8 Å². The number of anilines is 1. The van der Waals surface area contributed by atoms with Gasteiger partial charge in [-0.15, -0.1) is 0 Å². The van der Waals surface area contributed by atoms with Crippen molar-refractivity contribution in [3.05, 3.63) is 55.0 Å². The molecule has 1 amide bonds. The summed E-state index contributed by atoms with van der Waals surface area (Å²) in [6.45, 7) is 11.7. The van der Waals surface area contributed by atoms with Gasteiger partial charge in [-0.3, -0.25) is 14.4 Å². The van der Waals surface area contributed by atoms with Crippen LogP contribution >= 0.6 is 0 Å². The topological polar surface area (TPSA) is 63.1 Å². The molecule has 0 bridgehead atoms. The van der Waals surface area contributed by atoms with Gasteiger partial charge in [0.25, 0.3) is 0 Å². The van der Waals surface area contributed by atoms with E-state index in [0.29, 0.717) is 24.9 Å². The van der Waals surface area contributed by atoms with Gasteiger partial charge in [-0.25, -0.2) is 4.98 Å². The normalized spacial score (nSPS) is 16.0. The largest absolute Gasteiger partial charge is 0.310 e. The van der Waals surface area contributed by atoms with E-state index in [1.807, 2.05) is 38.5 Å². The predicted octanol–water partition coefficient (Wildman–Crippen LogP) is 3.86. The molecule has 6 heteroatoms. The maximum atomic E-state index is 13.1. The van der Waals surface area contributed by atoms with E-state index >= 15 is 0 Å². The zero-order valence-corrected chi connectivity index (χ0v) is 17.4. The maximum Gasteiger partial charge on any atom is 0.238 e. The van der Waals surface area contributed by atoms with Crippen molar-refractivity contribution in [1.29, 1.82) is 0 Å². The summed E-state index contributed by atoms with van der Waals surface area (Å²) < 4.78 is 1.79. The van der Waals surface area contributed by atoms with E-state index in [2.05, 4.69) is 52.9 Å². The highest BCUT2D eigenvalue weighted by Gasteiger charge is 2.50. The van der Waals surface area contributed by atoms with Gasteiger partial charge >= 0.3 is 0 Å². The Morgan fingerprint density at radius 1 is 1.17 bits per heavy atom. The molecular formula is C23H27N5O. The highest BCUT2D eigenvalue weighted by Crippen LogP contribution is 2.39. The van der Waals surface area contributed by atoms with Crippen molar-refractivity contribution >= 4 is 22.5 Å². The number of fused-ring (bicyclic) bond motifs is 1. The van der Waals surface area contributed by atoms with E-state index in [1.54, 1.807) is 10.9 Å². The lowest BCUT2D eigenvalue weighted by atomic mass is 9.73. The first-order chi connectivity index (χ1) is 13.8. The van der Waals surface area contributed by atoms with Gasteiger partial charge in [0.1, 0.15) is 5.82 Å². The molecule has 29 heavy (non-hydrogen) atoms. The molecule has 3 heterocycles. The van der Waals surface area contributed by atoms with E-state index in [9.17, 15) is 4.79 Å². The Bertz CT molecular complexity index is 1090. The second-order valence-corrected chi connectivity index (χ2v) is 8.35. The van der Waals surface area contributed by atoms with Crippen molar-refractivity contribution in [2.24, 2.45) is 12.5 Å². The molecule has 1 saturated heterocycles. The van der Waals surface area contributed by atoms with Crippen LogP contribution in [-0.4, -0.2) is 44.7 Å². The average molecular weight is 390 g/mol. The molecule has 0 saturated carbocycles. The number of rotatable bonds is 5. The second kappa shape index (κ2) is 7.12. The molecule has 0 atom stereocenters. The first-order valence-electron chi connectivity index (χ1n) is 9.89. The summed E-state index contributed by atoms with van der Waals surface area (Å²) in [7, 11) is 1.90. The number of hydrogen-bond donors (Lipinski definition) is 1. The second-order valence-electron chi connectivity index (χ2n) is 8.35. The standard InChI is InChI=1S/C23H27N5O/c1-15(2)23(13-28(14-23)16(3)4)22(29)26-21-9-19-8-17(6-7-18(19)10-24-21)20-11-25-27(5)12-20/h6-12,16H,1,13-14H2,2-5H3,(H,24,26,29). The molecule has 2 aromatic heterocycles. The minimum absolute atomic E-state index is 0.0304. The molecule has 0 spiro atoms. The zero-order chi connectivity index (χ0) is 20.8. The van der Waals surface area contributed by atoms with E-state index < -0.39 is 5.41 Å². The average Bonchev–Trinajstić information content (AvgIpc) is 3.06. The fourth-order valence-corrected chi connectivity index (χ4v) is 3.81. The van der Waals surface area contributed by atoms with Gasteiger partial charge in [-0.05, 0) is 43.9 Å². The van der Waals surface area contributed by atoms with E-state index in [0.717, 1.165) is 27.5 Å². The van der Waals surface area contributed by atoms with Crippen molar-refractivity contribution in [2.75, 3.05) is 18.4 Å². The molecule has 4 rings (SSSR count). The Balaban J connectivity index is 1.59. The Kier molecular flexibility index (Phi) is 4.74. The van der Waals surface area contributed by atoms with Gasteiger partial charge in [0.15, 0.2) is 0 Å². The van der Waals surface area contributed by atoms with E-state index in [4.69, 9.17) is 0 Å². The molecule has 1 fully saturated rings. The van der Waals surface area contributed by atoms with Crippen LogP contribution in [0.2, 0.25) is 0 Å². The van der Waals surface area contributed by atoms with Crippen LogP contribution in [0.4, 0.5) is 5.82 Å². The van der Waals surface area contributed by atoms with Gasteiger partial charge in [0.2, 0.25) is 5.91 Å². The molecule has 3 aromatic rings. The summed E-state index contributed by atoms with van der Waals surface area (Å²) in [6, 6.07) is 8.54. The molecule has 6 nitrogen and oxygen atoms in total. The number of aryl methyl sites for hydroxylation is 1. The van der Waals surface area contributed by atoms with E-state index in [-0.39, 0.29) is 5.91 Å². The summed E-state index contributed by atoms with van der Waals surface area (Å²) in [5.74, 6) is 0.534. The van der Waals surface area contributed by atoms with Gasteiger partial charge < -0.3 is 5.32 Å². The number of benzene rings is 1. The lowest BCUT2D eigenvalue weighted by Gasteiger charge is -2.51. The van der Waals surface area contributed by atoms with Crippen LogP contribution in [0.5, 0.6) is 0 Å². The lowest BCUT2D eigenvalue weighted by Crippen LogP contribution is -2.64. The lowest BCUT2D eigenvalue weighted by molar-refractivity contribution is -0.133. The van der Waals surface area contributed by atoms with Crippen LogP contribution in [0.1, 0.15) is 20.8 Å². The predicted molar refractivity (Wildman–Crippen MR) is 117 cm³/mol. The van der Waals surface area contributed by atoms with Gasteiger partial charge in [-0.2, -0.15) is 5.10 Å². The molecular weight excluding hydrogens is 362 g/mol. The fraction of sp³-hybridized carbons (Fsp3) is 0.348. The Hall–Kier alpha value is -2.99. The van der Waals surface area contributed by atoms with Crippen LogP contribution in [0.3, 0.4) is 0 Å². The summed E-state index contributed by atoms with van der Waals surface area (Å²) in [5, 5.41) is 9.32. The number of nitrogens with zero attached hydrogens (tertiary/aromatic N) is 4. The molecule has 0 radical (unpaired) electrons. The number of hydrogen-bond acceptors (Lipinski definition) is 4. The number of aromatic nitrogens is 3. The first kappa shape index (κ1) is 19.3. The zero-order valence-electron chi connectivity index (χ0n) is 17.4. The number of amides is 1. The molecule has 1 N–H and O–H groups in total. The third-order valence-corrected chi connectivity index (χ3v) is 5.93. The summed E-state index contributed by atoms with van der Waals surface area (Å²) in [5.41, 5.74) is 2.49. The van der Waals surface area contributed by atoms with Gasteiger partial charge in [0, 0.05) is 49.5 Å². The molecule has 0 aliphatic carbocycles. The fourth-order valence-electron chi connectivity index (χ4n) is 3.81. The first-order valence-corrected chi connectivity index (χ1v) is 9.89. The number of nitrogens with one attached hydrogen (secondary N) is 1. The third kappa shape index (κ3) is 3.44. The van der Waals surface area contributed by atoms with Crippen LogP contribution < -0.4 is 5.32 Å². The molecule has 1 aliphatic heterocycles. The van der Waals surface area contributed by atoms with E-state index in [1.165, 1.54) is 0 Å². The highest BCUT2D eigenvalue weighted by atomic mass is 16.2. The molecule has 1 aromatic carbocycles. The summed E-state index contributed by atoms with van der Waals surface area (Å²) in [6.07, 6.45) is 5.63. The Labute approximate surface area is 171 Å². The van der Waals surface area contributed by atoms with Crippen LogP contribution in [0.25, 0.3) is 21.9 Å². The number of likely N-dealkylation sites (tertiary alicyclic amines) is 1. The SMILES string of the molecule is C=C(C)C1(C(=O)Nc2cc3cc(-c4cnn(C)c4)ccc3cn2)CN(C(C)C)C1. The highest BCUT2D eigenvalue weighted by molar-refractivity contribution is 5.99. The summed E-state index contributed by atoms with van der Waals surface area (Å²) >= 11 is 0. The van der Waals surface area contributed by atoms with Crippen molar-refractivity contribution in [3.63, 3.8) is 0 Å². The summed E-state index contributed by atoms with van der Waals surface area (Å²) in [4.78, 5) is 19.8. The Morgan fingerprint density at radius 3 is 2.55 bits per heavy atom. The number of pyridine rings is 1. The van der Waals surface area contributed by atoms with Crippen molar-refractivity contribution < 1.29 is 4.79 Å². The van der Waals surface area contributed by atoms with Crippen LogP contribution in [0.15, 0.2) is 55.0 Å². The molecule has 150 valence electrons. The number of carbonyl (C=O) groups is 1. The molecule has 0 unspecified atom stereocenters. The molecule has 1 aliphatic rings. The minimum Gasteiger partial charge on any atom is -0.310 e. The number of carbonyl (C=O) groups excluding carboxylic acids is 1. The third-order valence-electron chi connectivity index (χ3n) is 5.93.